The van der Waals surface area contributed by atoms with Gasteiger partial charge in [-0.2, -0.15) is 0 Å². The molecule has 1 fully saturated rings. The third kappa shape index (κ3) is 2.74. The van der Waals surface area contributed by atoms with Crippen LogP contribution in [0.2, 0.25) is 0 Å². The second-order valence-corrected chi connectivity index (χ2v) is 6.30. The monoisotopic (exact) mass is 305 g/mol. The van der Waals surface area contributed by atoms with Gasteiger partial charge in [-0.25, -0.2) is 9.78 Å². The van der Waals surface area contributed by atoms with Gasteiger partial charge in [0.2, 0.25) is 5.91 Å². The third-order valence-electron chi connectivity index (χ3n) is 4.84. The fourth-order valence-electron chi connectivity index (χ4n) is 3.68. The summed E-state index contributed by atoms with van der Waals surface area (Å²) in [6.07, 6.45) is 9.23. The van der Waals surface area contributed by atoms with Gasteiger partial charge in [-0.1, -0.05) is 12.8 Å². The lowest BCUT2D eigenvalue weighted by atomic mass is 9.97. The Kier molecular flexibility index (Phi) is 4.18. The lowest BCUT2D eigenvalue weighted by Crippen LogP contribution is -2.53. The molecule has 0 aliphatic heterocycles. The Morgan fingerprint density at radius 2 is 2.00 bits per heavy atom. The third-order valence-corrected chi connectivity index (χ3v) is 4.84. The van der Waals surface area contributed by atoms with E-state index in [0.717, 1.165) is 37.8 Å². The first-order chi connectivity index (χ1) is 10.6. The highest BCUT2D eigenvalue weighted by atomic mass is 16.5. The topological polar surface area (TPSA) is 73.2 Å². The molecule has 1 saturated carbocycles. The number of fused-ring (bicyclic) bond motifs is 1. The van der Waals surface area contributed by atoms with E-state index in [4.69, 9.17) is 4.74 Å². The van der Waals surface area contributed by atoms with Crippen LogP contribution in [-0.4, -0.2) is 34.1 Å². The predicted molar refractivity (Wildman–Crippen MR) is 80.2 cm³/mol. The van der Waals surface area contributed by atoms with Crippen molar-refractivity contribution in [1.82, 2.24) is 14.9 Å². The predicted octanol–water partition coefficient (Wildman–Crippen LogP) is 1.36. The summed E-state index contributed by atoms with van der Waals surface area (Å²) in [6, 6.07) is 0. The van der Waals surface area contributed by atoms with Gasteiger partial charge in [-0.05, 0) is 38.5 Å². The van der Waals surface area contributed by atoms with Crippen LogP contribution >= 0.6 is 0 Å². The average molecular weight is 305 g/mol. The molecule has 120 valence electrons. The molecular formula is C16H23N3O3. The number of esters is 1. The molecule has 1 N–H and O–H groups in total. The van der Waals surface area contributed by atoms with Gasteiger partial charge in [-0.15, -0.1) is 0 Å². The van der Waals surface area contributed by atoms with Gasteiger partial charge in [-0.3, -0.25) is 4.79 Å². The second kappa shape index (κ2) is 6.10. The van der Waals surface area contributed by atoms with Crippen molar-refractivity contribution in [3.63, 3.8) is 0 Å². The van der Waals surface area contributed by atoms with Crippen molar-refractivity contribution in [3.8, 4) is 0 Å². The van der Waals surface area contributed by atoms with Crippen LogP contribution in [-0.2, 0) is 33.7 Å². The first kappa shape index (κ1) is 15.1. The van der Waals surface area contributed by atoms with Gasteiger partial charge in [0.05, 0.1) is 19.1 Å². The molecule has 1 aromatic heterocycles. The molecule has 0 saturated heterocycles. The lowest BCUT2D eigenvalue weighted by Gasteiger charge is -2.27. The Bertz CT molecular complexity index is 573. The molecule has 1 aromatic rings. The van der Waals surface area contributed by atoms with Gasteiger partial charge in [0.1, 0.15) is 12.1 Å². The van der Waals surface area contributed by atoms with Crippen LogP contribution < -0.4 is 5.32 Å². The van der Waals surface area contributed by atoms with Crippen molar-refractivity contribution in [2.75, 3.05) is 7.11 Å². The molecule has 6 heteroatoms. The van der Waals surface area contributed by atoms with E-state index in [2.05, 4.69) is 10.3 Å². The number of rotatable bonds is 4. The van der Waals surface area contributed by atoms with Crippen LogP contribution in [0.1, 0.15) is 49.9 Å². The fraction of sp³-hybridized carbons (Fsp3) is 0.688. The zero-order valence-electron chi connectivity index (χ0n) is 13.1. The molecular weight excluding hydrogens is 282 g/mol. The van der Waals surface area contributed by atoms with Gasteiger partial charge in [0.25, 0.3) is 0 Å². The Labute approximate surface area is 130 Å². The summed E-state index contributed by atoms with van der Waals surface area (Å²) in [5, 5.41) is 2.93. The highest BCUT2D eigenvalue weighted by Gasteiger charge is 2.43. The number of amides is 1. The van der Waals surface area contributed by atoms with Crippen LogP contribution in [0.15, 0.2) is 6.33 Å². The first-order valence-electron chi connectivity index (χ1n) is 8.07. The van der Waals surface area contributed by atoms with E-state index in [9.17, 15) is 9.59 Å². The highest BCUT2D eigenvalue weighted by Crippen LogP contribution is 2.31. The van der Waals surface area contributed by atoms with Crippen LogP contribution in [0.5, 0.6) is 0 Å². The summed E-state index contributed by atoms with van der Waals surface area (Å²) in [7, 11) is 1.38. The van der Waals surface area contributed by atoms with E-state index in [-0.39, 0.29) is 18.4 Å². The molecule has 2 aliphatic rings. The van der Waals surface area contributed by atoms with Crippen LogP contribution in [0, 0.1) is 0 Å². The maximum atomic E-state index is 12.4. The number of imidazole rings is 1. The summed E-state index contributed by atoms with van der Waals surface area (Å²) in [5.74, 6) is -0.468. The number of carbonyl (C=O) groups is 2. The van der Waals surface area contributed by atoms with Crippen molar-refractivity contribution in [2.24, 2.45) is 0 Å². The molecule has 1 amide bonds. The van der Waals surface area contributed by atoms with Crippen molar-refractivity contribution < 1.29 is 14.3 Å². The van der Waals surface area contributed by atoms with E-state index in [1.54, 1.807) is 6.33 Å². The van der Waals surface area contributed by atoms with E-state index < -0.39 is 5.54 Å². The molecule has 0 aromatic carbocycles. The summed E-state index contributed by atoms with van der Waals surface area (Å²) >= 11 is 0. The number of methoxy groups -OCH3 is 1. The minimum Gasteiger partial charge on any atom is -0.467 e. The zero-order chi connectivity index (χ0) is 15.6. The molecule has 0 bridgehead atoms. The Hall–Kier alpha value is -1.85. The lowest BCUT2D eigenvalue weighted by molar-refractivity contribution is -0.150. The molecule has 0 unspecified atom stereocenters. The highest BCUT2D eigenvalue weighted by molar-refractivity contribution is 5.88. The van der Waals surface area contributed by atoms with E-state index >= 15 is 0 Å². The number of aromatic nitrogens is 2. The zero-order valence-corrected chi connectivity index (χ0v) is 13.1. The molecule has 2 aliphatic carbocycles. The normalized spacial score (nSPS) is 19.5. The number of nitrogens with one attached hydrogen (secondary N) is 1. The van der Waals surface area contributed by atoms with Crippen molar-refractivity contribution in [2.45, 2.75) is 63.5 Å². The van der Waals surface area contributed by atoms with Gasteiger partial charge >= 0.3 is 5.97 Å². The number of hydrogen-bond acceptors (Lipinski definition) is 4. The Balaban J connectivity index is 1.69. The summed E-state index contributed by atoms with van der Waals surface area (Å²) < 4.78 is 6.81. The fourth-order valence-corrected chi connectivity index (χ4v) is 3.68. The van der Waals surface area contributed by atoms with Gasteiger partial charge < -0.3 is 14.6 Å². The SMILES string of the molecule is COC(=O)C1(NC(=O)Cn2cnc3c2CCCC3)CCCC1. The van der Waals surface area contributed by atoms with Gasteiger partial charge in [0, 0.05) is 5.69 Å². The minimum absolute atomic E-state index is 0.141. The number of nitrogens with zero attached hydrogens (tertiary/aromatic N) is 2. The van der Waals surface area contributed by atoms with Crippen molar-refractivity contribution >= 4 is 11.9 Å². The summed E-state index contributed by atoms with van der Waals surface area (Å²) in [4.78, 5) is 28.9. The van der Waals surface area contributed by atoms with Crippen LogP contribution in [0.3, 0.4) is 0 Å². The van der Waals surface area contributed by atoms with E-state index in [1.165, 1.54) is 19.2 Å². The smallest absolute Gasteiger partial charge is 0.331 e. The molecule has 0 radical (unpaired) electrons. The molecule has 0 spiro atoms. The quantitative estimate of drug-likeness (QED) is 0.853. The maximum Gasteiger partial charge on any atom is 0.331 e. The number of aryl methyl sites for hydroxylation is 1. The second-order valence-electron chi connectivity index (χ2n) is 6.30. The summed E-state index contributed by atoms with van der Waals surface area (Å²) in [5.41, 5.74) is 1.45. The Morgan fingerprint density at radius 1 is 1.27 bits per heavy atom. The molecule has 0 atom stereocenters. The van der Waals surface area contributed by atoms with Crippen LogP contribution in [0.25, 0.3) is 0 Å². The number of hydrogen-bond donors (Lipinski definition) is 1. The van der Waals surface area contributed by atoms with Gasteiger partial charge in [0.15, 0.2) is 0 Å². The van der Waals surface area contributed by atoms with E-state index in [1.807, 2.05) is 4.57 Å². The van der Waals surface area contributed by atoms with Crippen LogP contribution in [0.4, 0.5) is 0 Å². The standard InChI is InChI=1S/C16H23N3O3/c1-22-15(21)16(8-4-5-9-16)18-14(20)10-19-11-17-12-6-2-3-7-13(12)19/h11H,2-10H2,1H3,(H,18,20). The molecule has 3 rings (SSSR count). The minimum atomic E-state index is -0.827. The van der Waals surface area contributed by atoms with Crippen molar-refractivity contribution in [3.05, 3.63) is 17.7 Å². The van der Waals surface area contributed by atoms with Crippen molar-refractivity contribution in [1.29, 1.82) is 0 Å². The maximum absolute atomic E-state index is 12.4. The molecule has 22 heavy (non-hydrogen) atoms. The number of ether oxygens (including phenoxy) is 1. The Morgan fingerprint density at radius 3 is 2.73 bits per heavy atom. The largest absolute Gasteiger partial charge is 0.467 e. The molecule has 6 nitrogen and oxygen atoms in total. The summed E-state index contributed by atoms with van der Waals surface area (Å²) in [6.45, 7) is 0.223. The molecule has 1 heterocycles. The number of carbonyl (C=O) groups excluding carboxylic acids is 2. The average Bonchev–Trinajstić information content (AvgIpc) is 3.15. The van der Waals surface area contributed by atoms with E-state index in [0.29, 0.717) is 12.8 Å². The first-order valence-corrected chi connectivity index (χ1v) is 8.07.